The molecule has 2 saturated heterocycles. The van der Waals surface area contributed by atoms with Crippen molar-refractivity contribution in [2.45, 2.75) is 28.5 Å². The number of nitrogens with zero attached hydrogens (tertiary/aromatic N) is 3. The molecule has 4 aliphatic heterocycles. The predicted octanol–water partition coefficient (Wildman–Crippen LogP) is 5.27. The third kappa shape index (κ3) is 4.34. The molecule has 9 heteroatoms. The summed E-state index contributed by atoms with van der Waals surface area (Å²) in [5.74, 6) is -2.27. The van der Waals surface area contributed by atoms with Gasteiger partial charge in [0.15, 0.2) is 0 Å². The molecule has 1 N–H and O–H groups in total. The first-order valence-corrected chi connectivity index (χ1v) is 16.0. The lowest BCUT2D eigenvalue weighted by atomic mass is 9.74. The molecule has 3 aromatic carbocycles. The van der Waals surface area contributed by atoms with Crippen LogP contribution >= 0.6 is 23.4 Å². The van der Waals surface area contributed by atoms with Crippen molar-refractivity contribution in [3.8, 4) is 0 Å². The molecule has 7 nitrogen and oxygen atoms in total. The number of hydrogen-bond acceptors (Lipinski definition) is 5. The SMILES string of the molecule is C[C@@]12C=CCN(c3ccccc3)C(=O)[C@@H]1[C@H]1C(=O)N([C@H](CO)c3ccccc3)C3C(=O)N(c4ccc(Cl)cc4)CC=C[C@@]31S2. The van der Waals surface area contributed by atoms with Gasteiger partial charge in [0.05, 0.1) is 29.2 Å². The second kappa shape index (κ2) is 10.9. The molecule has 6 atom stereocenters. The molecule has 1 unspecified atom stereocenters. The van der Waals surface area contributed by atoms with Gasteiger partial charge >= 0.3 is 0 Å². The van der Waals surface area contributed by atoms with Crippen LogP contribution in [0.25, 0.3) is 0 Å². The number of carbonyl (C=O) groups is 3. The molecule has 0 aliphatic carbocycles. The first kappa shape index (κ1) is 28.9. The van der Waals surface area contributed by atoms with Crippen LogP contribution in [0.2, 0.25) is 5.02 Å². The summed E-state index contributed by atoms with van der Waals surface area (Å²) in [7, 11) is 0. The van der Waals surface area contributed by atoms with Gasteiger partial charge in [0.2, 0.25) is 11.8 Å². The lowest BCUT2D eigenvalue weighted by molar-refractivity contribution is -0.142. The molecule has 2 fully saturated rings. The first-order chi connectivity index (χ1) is 21.3. The maximum atomic E-state index is 15.0. The van der Waals surface area contributed by atoms with Gasteiger partial charge in [0.1, 0.15) is 6.04 Å². The van der Waals surface area contributed by atoms with Crippen LogP contribution in [0.4, 0.5) is 11.4 Å². The Morgan fingerprint density at radius 1 is 0.795 bits per heavy atom. The average molecular weight is 626 g/mol. The van der Waals surface area contributed by atoms with Gasteiger partial charge in [0, 0.05) is 34.2 Å². The van der Waals surface area contributed by atoms with Gasteiger partial charge in [-0.1, -0.05) is 84.4 Å². The number of fused-ring (bicyclic) bond motifs is 2. The van der Waals surface area contributed by atoms with Crippen LogP contribution in [0.1, 0.15) is 18.5 Å². The summed E-state index contributed by atoms with van der Waals surface area (Å²) >= 11 is 7.70. The molecule has 0 bridgehead atoms. The van der Waals surface area contributed by atoms with E-state index in [-0.39, 0.29) is 24.3 Å². The van der Waals surface area contributed by atoms with Crippen LogP contribution in [0, 0.1) is 11.8 Å². The number of carbonyl (C=O) groups excluding carboxylic acids is 3. The third-order valence-corrected chi connectivity index (χ3v) is 11.4. The van der Waals surface area contributed by atoms with E-state index in [9.17, 15) is 19.5 Å². The molecule has 7 rings (SSSR count). The standard InChI is InChI=1S/C35H32ClN3O4S/c1-34-18-8-20-37(25-12-6-3-7-13-25)31(41)28(34)29-32(42)39(27(22-40)23-10-4-2-5-11-23)30-33(43)38(21-9-19-35(29,30)44-34)26-16-14-24(36)15-17-26/h2-19,27-30,40H,20-22H2,1H3/t27-,28+,29+,30?,34-,35+/m1/s1. The van der Waals surface area contributed by atoms with E-state index in [1.165, 1.54) is 11.8 Å². The maximum absolute atomic E-state index is 15.0. The lowest BCUT2D eigenvalue weighted by Gasteiger charge is -2.40. The molecular weight excluding hydrogens is 594 g/mol. The fourth-order valence-electron chi connectivity index (χ4n) is 7.52. The van der Waals surface area contributed by atoms with Crippen molar-refractivity contribution < 1.29 is 19.5 Å². The largest absolute Gasteiger partial charge is 0.394 e. The van der Waals surface area contributed by atoms with E-state index in [2.05, 4.69) is 0 Å². The minimum Gasteiger partial charge on any atom is -0.394 e. The normalized spacial score (nSPS) is 30.1. The molecule has 4 heterocycles. The average Bonchev–Trinajstić information content (AvgIpc) is 3.30. The summed E-state index contributed by atoms with van der Waals surface area (Å²) in [6, 6.07) is 24.1. The second-order valence-corrected chi connectivity index (χ2v) is 14.1. The Morgan fingerprint density at radius 3 is 2.05 bits per heavy atom. The number of aliphatic hydroxyl groups excluding tert-OH is 1. The van der Waals surface area contributed by atoms with Gasteiger partial charge in [-0.05, 0) is 48.9 Å². The fourth-order valence-corrected chi connectivity index (χ4v) is 9.79. The quantitative estimate of drug-likeness (QED) is 0.391. The van der Waals surface area contributed by atoms with Crippen molar-refractivity contribution in [3.05, 3.63) is 120 Å². The summed E-state index contributed by atoms with van der Waals surface area (Å²) in [6.07, 6.45) is 7.98. The van der Waals surface area contributed by atoms with Gasteiger partial charge in [-0.25, -0.2) is 0 Å². The van der Waals surface area contributed by atoms with Crippen LogP contribution in [-0.2, 0) is 14.4 Å². The number of halogens is 1. The highest BCUT2D eigenvalue weighted by Crippen LogP contribution is 2.66. The van der Waals surface area contributed by atoms with Gasteiger partial charge in [-0.2, -0.15) is 0 Å². The number of likely N-dealkylation sites (tertiary alicyclic amines) is 1. The molecule has 0 radical (unpaired) electrons. The smallest absolute Gasteiger partial charge is 0.251 e. The minimum atomic E-state index is -1.04. The number of amides is 3. The monoisotopic (exact) mass is 625 g/mol. The van der Waals surface area contributed by atoms with Crippen LogP contribution in [-0.4, -0.2) is 63.0 Å². The highest BCUT2D eigenvalue weighted by Gasteiger charge is 2.74. The number of anilines is 2. The number of hydrogen-bond donors (Lipinski definition) is 1. The molecule has 1 spiro atoms. The van der Waals surface area contributed by atoms with E-state index < -0.39 is 33.4 Å². The summed E-state index contributed by atoms with van der Waals surface area (Å²) in [5.41, 5.74) is 2.14. The maximum Gasteiger partial charge on any atom is 0.251 e. The van der Waals surface area contributed by atoms with E-state index in [0.29, 0.717) is 23.8 Å². The van der Waals surface area contributed by atoms with Gasteiger partial charge in [-0.3, -0.25) is 14.4 Å². The second-order valence-electron chi connectivity index (χ2n) is 11.9. The van der Waals surface area contributed by atoms with Crippen molar-refractivity contribution in [2.75, 3.05) is 29.5 Å². The molecular formula is C35H32ClN3O4S. The Bertz CT molecular complexity index is 1670. The highest BCUT2D eigenvalue weighted by molar-refractivity contribution is 8.02. The summed E-state index contributed by atoms with van der Waals surface area (Å²) in [6.45, 7) is 2.32. The van der Waals surface area contributed by atoms with E-state index in [4.69, 9.17) is 11.6 Å². The summed E-state index contributed by atoms with van der Waals surface area (Å²) in [4.78, 5) is 49.4. The van der Waals surface area contributed by atoms with Crippen LogP contribution in [0.5, 0.6) is 0 Å². The molecule has 3 amide bonds. The van der Waals surface area contributed by atoms with Crippen molar-refractivity contribution in [2.24, 2.45) is 11.8 Å². The zero-order valence-electron chi connectivity index (χ0n) is 24.1. The molecule has 3 aromatic rings. The van der Waals surface area contributed by atoms with E-state index >= 15 is 0 Å². The number of aliphatic hydroxyl groups is 1. The Morgan fingerprint density at radius 2 is 1.39 bits per heavy atom. The van der Waals surface area contributed by atoms with Crippen LogP contribution < -0.4 is 9.80 Å². The zero-order chi connectivity index (χ0) is 30.6. The summed E-state index contributed by atoms with van der Waals surface area (Å²) in [5, 5.41) is 11.4. The zero-order valence-corrected chi connectivity index (χ0v) is 25.7. The Hall–Kier alpha value is -3.85. The van der Waals surface area contributed by atoms with Crippen LogP contribution in [0.3, 0.4) is 0 Å². The van der Waals surface area contributed by atoms with E-state index in [1.807, 2.05) is 91.9 Å². The van der Waals surface area contributed by atoms with E-state index in [1.54, 1.807) is 39.0 Å². The molecule has 0 aromatic heterocycles. The topological polar surface area (TPSA) is 81.2 Å². The van der Waals surface area contributed by atoms with Gasteiger partial charge < -0.3 is 19.8 Å². The van der Waals surface area contributed by atoms with E-state index in [0.717, 1.165) is 11.3 Å². The molecule has 44 heavy (non-hydrogen) atoms. The van der Waals surface area contributed by atoms with Crippen LogP contribution in [0.15, 0.2) is 109 Å². The van der Waals surface area contributed by atoms with Crippen molar-refractivity contribution in [1.82, 2.24) is 4.90 Å². The Kier molecular flexibility index (Phi) is 7.19. The molecule has 4 aliphatic rings. The predicted molar refractivity (Wildman–Crippen MR) is 173 cm³/mol. The molecule has 0 saturated carbocycles. The number of thioether (sulfide) groups is 1. The fraction of sp³-hybridized carbons (Fsp3) is 0.286. The van der Waals surface area contributed by atoms with Gasteiger partial charge in [0.25, 0.3) is 5.91 Å². The first-order valence-electron chi connectivity index (χ1n) is 14.8. The Balaban J connectivity index is 1.40. The minimum absolute atomic E-state index is 0.146. The Labute approximate surface area is 265 Å². The third-order valence-electron chi connectivity index (χ3n) is 9.39. The molecule has 224 valence electrons. The number of rotatable bonds is 5. The van der Waals surface area contributed by atoms with Crippen molar-refractivity contribution in [1.29, 1.82) is 0 Å². The lowest BCUT2D eigenvalue weighted by Crippen LogP contribution is -2.54. The van der Waals surface area contributed by atoms with Crippen molar-refractivity contribution >= 4 is 52.5 Å². The van der Waals surface area contributed by atoms with Crippen molar-refractivity contribution in [3.63, 3.8) is 0 Å². The van der Waals surface area contributed by atoms with Gasteiger partial charge in [-0.15, -0.1) is 11.8 Å². The number of benzene rings is 3. The summed E-state index contributed by atoms with van der Waals surface area (Å²) < 4.78 is -1.79. The number of para-hydroxylation sites is 1. The highest BCUT2D eigenvalue weighted by atomic mass is 35.5.